The number of halogens is 1. The number of para-hydroxylation sites is 1. The quantitative estimate of drug-likeness (QED) is 0.915. The molecule has 1 aromatic rings. The number of carbonyl (C=O) groups is 1. The van der Waals surface area contributed by atoms with Gasteiger partial charge in [-0.2, -0.15) is 0 Å². The summed E-state index contributed by atoms with van der Waals surface area (Å²) in [6.45, 7) is 0. The fourth-order valence-electron chi connectivity index (χ4n) is 1.42. The molecule has 0 aliphatic heterocycles. The number of rotatable bonds is 4. The summed E-state index contributed by atoms with van der Waals surface area (Å²) < 4.78 is 6.27. The maximum absolute atomic E-state index is 11.0. The molecule has 2 rings (SSSR count). The lowest BCUT2D eigenvalue weighted by atomic mass is 10.2. The minimum atomic E-state index is -0.881. The van der Waals surface area contributed by atoms with Crippen LogP contribution in [0.15, 0.2) is 28.7 Å². The van der Waals surface area contributed by atoms with E-state index in [0.717, 1.165) is 17.3 Å². The fourth-order valence-corrected chi connectivity index (χ4v) is 1.80. The van der Waals surface area contributed by atoms with Crippen molar-refractivity contribution in [3.63, 3.8) is 0 Å². The van der Waals surface area contributed by atoms with E-state index in [1.165, 1.54) is 0 Å². The molecule has 3 nitrogen and oxygen atoms in total. The Hall–Kier alpha value is -1.03. The normalized spacial score (nSPS) is 17.1. The molecule has 0 amide bonds. The van der Waals surface area contributed by atoms with Gasteiger partial charge in [-0.05, 0) is 40.9 Å². The Labute approximate surface area is 96.2 Å². The molecule has 1 N–H and O–H groups in total. The minimum Gasteiger partial charge on any atom is -0.478 e. The van der Waals surface area contributed by atoms with Crippen LogP contribution in [0.4, 0.5) is 0 Å². The molecule has 0 radical (unpaired) electrons. The van der Waals surface area contributed by atoms with Gasteiger partial charge in [-0.3, -0.25) is 0 Å². The lowest BCUT2D eigenvalue weighted by molar-refractivity contribution is -0.146. The second-order valence-electron chi connectivity index (χ2n) is 3.64. The standard InChI is InChI=1S/C11H11BrO3/c12-8-3-1-2-4-9(8)15-10(11(13)14)7-5-6-7/h1-4,7,10H,5-6H2,(H,13,14). The number of carboxylic acid groups (broad SMARTS) is 1. The van der Waals surface area contributed by atoms with Crippen LogP contribution in [0.3, 0.4) is 0 Å². The van der Waals surface area contributed by atoms with Gasteiger partial charge in [0, 0.05) is 5.92 Å². The third-order valence-corrected chi connectivity index (χ3v) is 3.04. The summed E-state index contributed by atoms with van der Waals surface area (Å²) in [5.74, 6) is -0.111. The molecule has 1 unspecified atom stereocenters. The van der Waals surface area contributed by atoms with Crippen molar-refractivity contribution < 1.29 is 14.6 Å². The first kappa shape index (κ1) is 10.5. The molecule has 4 heteroatoms. The Balaban J connectivity index is 2.12. The number of ether oxygens (including phenoxy) is 1. The number of hydrogen-bond acceptors (Lipinski definition) is 2. The summed E-state index contributed by atoms with van der Waals surface area (Å²) in [6.07, 6.45) is 1.19. The van der Waals surface area contributed by atoms with Crippen LogP contribution < -0.4 is 4.74 Å². The van der Waals surface area contributed by atoms with Crippen LogP contribution in [-0.2, 0) is 4.79 Å². The van der Waals surface area contributed by atoms with Crippen LogP contribution in [0.1, 0.15) is 12.8 Å². The lowest BCUT2D eigenvalue weighted by Crippen LogP contribution is -2.29. The topological polar surface area (TPSA) is 46.5 Å². The molecule has 1 aromatic carbocycles. The van der Waals surface area contributed by atoms with E-state index < -0.39 is 12.1 Å². The average Bonchev–Trinajstić information content (AvgIpc) is 2.99. The third kappa shape index (κ3) is 2.50. The van der Waals surface area contributed by atoms with Crippen molar-refractivity contribution >= 4 is 21.9 Å². The van der Waals surface area contributed by atoms with Gasteiger partial charge in [-0.15, -0.1) is 0 Å². The van der Waals surface area contributed by atoms with E-state index in [9.17, 15) is 4.79 Å². The fraction of sp³-hybridized carbons (Fsp3) is 0.364. The lowest BCUT2D eigenvalue weighted by Gasteiger charge is -2.15. The Morgan fingerprint density at radius 2 is 2.13 bits per heavy atom. The monoisotopic (exact) mass is 270 g/mol. The van der Waals surface area contributed by atoms with Crippen molar-refractivity contribution in [2.75, 3.05) is 0 Å². The number of benzene rings is 1. The van der Waals surface area contributed by atoms with Gasteiger partial charge >= 0.3 is 5.97 Å². The first-order valence-corrected chi connectivity index (χ1v) is 5.62. The number of carboxylic acids is 1. The number of aliphatic carboxylic acids is 1. The molecule has 0 bridgehead atoms. The van der Waals surface area contributed by atoms with Gasteiger partial charge < -0.3 is 9.84 Å². The summed E-state index contributed by atoms with van der Waals surface area (Å²) >= 11 is 3.33. The first-order chi connectivity index (χ1) is 7.18. The van der Waals surface area contributed by atoms with E-state index in [1.807, 2.05) is 18.2 Å². The molecule has 1 atom stereocenters. The van der Waals surface area contributed by atoms with E-state index in [-0.39, 0.29) is 5.92 Å². The second kappa shape index (κ2) is 4.23. The highest BCUT2D eigenvalue weighted by molar-refractivity contribution is 9.10. The Bertz CT molecular complexity index is 374. The smallest absolute Gasteiger partial charge is 0.345 e. The van der Waals surface area contributed by atoms with Crippen molar-refractivity contribution in [2.24, 2.45) is 5.92 Å². The van der Waals surface area contributed by atoms with Crippen LogP contribution in [0.5, 0.6) is 5.75 Å². The Morgan fingerprint density at radius 3 is 2.67 bits per heavy atom. The zero-order valence-electron chi connectivity index (χ0n) is 8.02. The van der Waals surface area contributed by atoms with Crippen molar-refractivity contribution in [3.8, 4) is 5.75 Å². The van der Waals surface area contributed by atoms with Crippen molar-refractivity contribution in [1.29, 1.82) is 0 Å². The zero-order valence-corrected chi connectivity index (χ0v) is 9.61. The van der Waals surface area contributed by atoms with Gasteiger partial charge in [0.2, 0.25) is 0 Å². The zero-order chi connectivity index (χ0) is 10.8. The largest absolute Gasteiger partial charge is 0.478 e. The van der Waals surface area contributed by atoms with Gasteiger partial charge in [-0.1, -0.05) is 12.1 Å². The molecular weight excluding hydrogens is 260 g/mol. The highest BCUT2D eigenvalue weighted by Gasteiger charge is 2.38. The predicted molar refractivity (Wildman–Crippen MR) is 58.9 cm³/mol. The summed E-state index contributed by atoms with van der Waals surface area (Å²) in [6, 6.07) is 7.29. The molecule has 1 fully saturated rings. The van der Waals surface area contributed by atoms with E-state index >= 15 is 0 Å². The Kier molecular flexibility index (Phi) is 2.95. The van der Waals surface area contributed by atoms with Gasteiger partial charge in [0.05, 0.1) is 4.47 Å². The van der Waals surface area contributed by atoms with Crippen LogP contribution in [0.25, 0.3) is 0 Å². The average molecular weight is 271 g/mol. The molecule has 0 saturated heterocycles. The molecule has 1 saturated carbocycles. The van der Waals surface area contributed by atoms with E-state index in [4.69, 9.17) is 9.84 Å². The van der Waals surface area contributed by atoms with Crippen molar-refractivity contribution in [2.45, 2.75) is 18.9 Å². The van der Waals surface area contributed by atoms with Crippen LogP contribution in [-0.4, -0.2) is 17.2 Å². The minimum absolute atomic E-state index is 0.176. The molecule has 0 aromatic heterocycles. The Morgan fingerprint density at radius 1 is 1.47 bits per heavy atom. The summed E-state index contributed by atoms with van der Waals surface area (Å²) in [5.41, 5.74) is 0. The molecule has 1 aliphatic rings. The molecule has 80 valence electrons. The maximum atomic E-state index is 11.0. The van der Waals surface area contributed by atoms with Crippen molar-refractivity contribution in [1.82, 2.24) is 0 Å². The van der Waals surface area contributed by atoms with Crippen LogP contribution >= 0.6 is 15.9 Å². The van der Waals surface area contributed by atoms with Gasteiger partial charge in [0.15, 0.2) is 6.10 Å². The summed E-state index contributed by atoms with van der Waals surface area (Å²) in [5, 5.41) is 9.00. The maximum Gasteiger partial charge on any atom is 0.345 e. The highest BCUT2D eigenvalue weighted by Crippen LogP contribution is 2.36. The van der Waals surface area contributed by atoms with E-state index in [0.29, 0.717) is 5.75 Å². The molecule has 0 heterocycles. The van der Waals surface area contributed by atoms with Crippen LogP contribution in [0, 0.1) is 5.92 Å². The van der Waals surface area contributed by atoms with Crippen molar-refractivity contribution in [3.05, 3.63) is 28.7 Å². The predicted octanol–water partition coefficient (Wildman–Crippen LogP) is 2.69. The van der Waals surface area contributed by atoms with E-state index in [1.54, 1.807) is 6.07 Å². The first-order valence-electron chi connectivity index (χ1n) is 4.82. The summed E-state index contributed by atoms with van der Waals surface area (Å²) in [4.78, 5) is 11.0. The van der Waals surface area contributed by atoms with Gasteiger partial charge in [-0.25, -0.2) is 4.79 Å². The molecule has 15 heavy (non-hydrogen) atoms. The highest BCUT2D eigenvalue weighted by atomic mass is 79.9. The number of hydrogen-bond donors (Lipinski definition) is 1. The van der Waals surface area contributed by atoms with Crippen LogP contribution in [0.2, 0.25) is 0 Å². The SMILES string of the molecule is O=C(O)C(Oc1ccccc1Br)C1CC1. The van der Waals surface area contributed by atoms with E-state index in [2.05, 4.69) is 15.9 Å². The molecule has 1 aliphatic carbocycles. The molecule has 0 spiro atoms. The third-order valence-electron chi connectivity index (χ3n) is 2.38. The molecular formula is C11H11BrO3. The summed E-state index contributed by atoms with van der Waals surface area (Å²) in [7, 11) is 0. The second-order valence-corrected chi connectivity index (χ2v) is 4.50. The van der Waals surface area contributed by atoms with Gasteiger partial charge in [0.1, 0.15) is 5.75 Å². The van der Waals surface area contributed by atoms with Gasteiger partial charge in [0.25, 0.3) is 0 Å².